The molecule has 0 saturated heterocycles. The molecule has 3 aromatic rings. The molecule has 0 spiro atoms. The van der Waals surface area contributed by atoms with Crippen LogP contribution in [0.4, 0.5) is 0 Å². The summed E-state index contributed by atoms with van der Waals surface area (Å²) in [6, 6.07) is 10.6. The van der Waals surface area contributed by atoms with Crippen molar-refractivity contribution in [1.82, 2.24) is 14.9 Å². The smallest absolute Gasteiger partial charge is 0.170 e. The Morgan fingerprint density at radius 1 is 1.24 bits per heavy atom. The summed E-state index contributed by atoms with van der Waals surface area (Å²) < 4.78 is 7.35. The van der Waals surface area contributed by atoms with Gasteiger partial charge in [0.05, 0.1) is 11.8 Å². The molecule has 1 aromatic carbocycles. The molecule has 1 saturated carbocycles. The molecule has 4 nitrogen and oxygen atoms in total. The Labute approximate surface area is 123 Å². The lowest BCUT2D eigenvalue weighted by atomic mass is 10.0. The van der Waals surface area contributed by atoms with E-state index in [1.165, 1.54) is 18.4 Å². The number of aryl methyl sites for hydroxylation is 1. The van der Waals surface area contributed by atoms with E-state index >= 15 is 0 Å². The van der Waals surface area contributed by atoms with E-state index in [0.717, 1.165) is 34.2 Å². The summed E-state index contributed by atoms with van der Waals surface area (Å²) in [7, 11) is 1.93. The van der Waals surface area contributed by atoms with Gasteiger partial charge in [-0.25, -0.2) is 0 Å². The van der Waals surface area contributed by atoms with Gasteiger partial charge in [-0.2, -0.15) is 5.10 Å². The predicted molar refractivity (Wildman–Crippen MR) is 80.9 cm³/mol. The Balaban J connectivity index is 1.71. The van der Waals surface area contributed by atoms with Crippen molar-refractivity contribution in [2.45, 2.75) is 25.7 Å². The molecule has 106 valence electrons. The van der Waals surface area contributed by atoms with Gasteiger partial charge in [-0.3, -0.25) is 4.68 Å². The van der Waals surface area contributed by atoms with Gasteiger partial charge in [-0.1, -0.05) is 23.4 Å². The van der Waals surface area contributed by atoms with Crippen molar-refractivity contribution < 1.29 is 4.52 Å². The Hall–Kier alpha value is -2.36. The van der Waals surface area contributed by atoms with Crippen LogP contribution in [0.3, 0.4) is 0 Å². The molecule has 4 rings (SSSR count). The minimum Gasteiger partial charge on any atom is -0.356 e. The summed E-state index contributed by atoms with van der Waals surface area (Å²) in [6.07, 6.45) is 4.44. The van der Waals surface area contributed by atoms with E-state index in [-0.39, 0.29) is 0 Å². The highest BCUT2D eigenvalue weighted by molar-refractivity contribution is 5.68. The second-order valence-corrected chi connectivity index (χ2v) is 5.74. The zero-order valence-electron chi connectivity index (χ0n) is 12.2. The standard InChI is InChI=1S/C17H17N3O/c1-11-15(10-18-20(11)2)17-9-16(19-21-17)14-5-3-4-13(8-14)12-6-7-12/h3-5,8-10,12H,6-7H2,1-2H3. The molecule has 0 aliphatic heterocycles. The van der Waals surface area contributed by atoms with Crippen molar-refractivity contribution >= 4 is 0 Å². The number of hydrogen-bond acceptors (Lipinski definition) is 3. The number of nitrogens with zero attached hydrogens (tertiary/aromatic N) is 3. The first-order chi connectivity index (χ1) is 10.2. The lowest BCUT2D eigenvalue weighted by Gasteiger charge is -2.00. The van der Waals surface area contributed by atoms with Crippen molar-refractivity contribution in [2.24, 2.45) is 7.05 Å². The van der Waals surface area contributed by atoms with Gasteiger partial charge < -0.3 is 4.52 Å². The van der Waals surface area contributed by atoms with Crippen LogP contribution in [0.15, 0.2) is 41.1 Å². The second kappa shape index (κ2) is 4.58. The first-order valence-corrected chi connectivity index (χ1v) is 7.28. The van der Waals surface area contributed by atoms with Gasteiger partial charge in [0.2, 0.25) is 0 Å². The van der Waals surface area contributed by atoms with E-state index in [9.17, 15) is 0 Å². The average Bonchev–Trinajstić information content (AvgIpc) is 3.16. The van der Waals surface area contributed by atoms with E-state index in [1.807, 2.05) is 30.9 Å². The molecule has 0 N–H and O–H groups in total. The Kier molecular flexibility index (Phi) is 2.70. The lowest BCUT2D eigenvalue weighted by Crippen LogP contribution is -1.92. The van der Waals surface area contributed by atoms with Gasteiger partial charge in [-0.15, -0.1) is 0 Å². The fourth-order valence-corrected chi connectivity index (χ4v) is 2.65. The predicted octanol–water partition coefficient (Wildman–Crippen LogP) is 3.93. The normalized spacial score (nSPS) is 14.6. The summed E-state index contributed by atoms with van der Waals surface area (Å²) in [5, 5.41) is 8.47. The number of benzene rings is 1. The van der Waals surface area contributed by atoms with Gasteiger partial charge in [0, 0.05) is 24.4 Å². The van der Waals surface area contributed by atoms with Gasteiger partial charge in [0.1, 0.15) is 5.69 Å². The molecule has 0 radical (unpaired) electrons. The van der Waals surface area contributed by atoms with Crippen molar-refractivity contribution in [3.8, 4) is 22.6 Å². The van der Waals surface area contributed by atoms with E-state index in [4.69, 9.17) is 4.52 Å². The number of hydrogen-bond donors (Lipinski definition) is 0. The highest BCUT2D eigenvalue weighted by Crippen LogP contribution is 2.41. The highest BCUT2D eigenvalue weighted by atomic mass is 16.5. The first-order valence-electron chi connectivity index (χ1n) is 7.28. The third-order valence-electron chi connectivity index (χ3n) is 4.24. The largest absolute Gasteiger partial charge is 0.356 e. The van der Waals surface area contributed by atoms with Crippen molar-refractivity contribution in [3.63, 3.8) is 0 Å². The summed E-state index contributed by atoms with van der Waals surface area (Å²) >= 11 is 0. The highest BCUT2D eigenvalue weighted by Gasteiger charge is 2.23. The molecule has 1 aliphatic rings. The zero-order chi connectivity index (χ0) is 14.4. The van der Waals surface area contributed by atoms with Gasteiger partial charge >= 0.3 is 0 Å². The maximum atomic E-state index is 5.51. The fraction of sp³-hybridized carbons (Fsp3) is 0.294. The molecule has 0 atom stereocenters. The molecular weight excluding hydrogens is 262 g/mol. The third kappa shape index (κ3) is 2.17. The number of aromatic nitrogens is 3. The van der Waals surface area contributed by atoms with Gasteiger partial charge in [-0.05, 0) is 37.3 Å². The summed E-state index contributed by atoms with van der Waals surface area (Å²) in [5.74, 6) is 1.52. The van der Waals surface area contributed by atoms with E-state index < -0.39 is 0 Å². The third-order valence-corrected chi connectivity index (χ3v) is 4.24. The maximum absolute atomic E-state index is 5.51. The fourth-order valence-electron chi connectivity index (χ4n) is 2.65. The molecule has 1 aliphatic carbocycles. The molecule has 0 amide bonds. The van der Waals surface area contributed by atoms with E-state index in [2.05, 4.69) is 34.5 Å². The quantitative estimate of drug-likeness (QED) is 0.729. The van der Waals surface area contributed by atoms with Crippen molar-refractivity contribution in [2.75, 3.05) is 0 Å². The summed E-state index contributed by atoms with van der Waals surface area (Å²) in [5.41, 5.74) is 5.49. The molecule has 1 fully saturated rings. The monoisotopic (exact) mass is 279 g/mol. The van der Waals surface area contributed by atoms with E-state index in [1.54, 1.807) is 0 Å². The van der Waals surface area contributed by atoms with Crippen LogP contribution in [-0.2, 0) is 7.05 Å². The topological polar surface area (TPSA) is 43.9 Å². The summed E-state index contributed by atoms with van der Waals surface area (Å²) in [4.78, 5) is 0. The van der Waals surface area contributed by atoms with Crippen molar-refractivity contribution in [3.05, 3.63) is 47.8 Å². The van der Waals surface area contributed by atoms with Gasteiger partial charge in [0.15, 0.2) is 5.76 Å². The van der Waals surface area contributed by atoms with E-state index in [0.29, 0.717) is 0 Å². The van der Waals surface area contributed by atoms with Crippen LogP contribution in [0.25, 0.3) is 22.6 Å². The number of rotatable bonds is 3. The lowest BCUT2D eigenvalue weighted by molar-refractivity contribution is 0.434. The Morgan fingerprint density at radius 2 is 2.10 bits per heavy atom. The molecule has 4 heteroatoms. The minimum absolute atomic E-state index is 0.747. The summed E-state index contributed by atoms with van der Waals surface area (Å²) in [6.45, 7) is 2.03. The van der Waals surface area contributed by atoms with Crippen LogP contribution in [0.5, 0.6) is 0 Å². The molecule has 0 bridgehead atoms. The van der Waals surface area contributed by atoms with Gasteiger partial charge in [0.25, 0.3) is 0 Å². The SMILES string of the molecule is Cc1c(-c2cc(-c3cccc(C4CC4)c3)no2)cnn1C. The zero-order valence-corrected chi connectivity index (χ0v) is 12.2. The minimum atomic E-state index is 0.747. The second-order valence-electron chi connectivity index (χ2n) is 5.74. The van der Waals surface area contributed by atoms with Crippen molar-refractivity contribution in [1.29, 1.82) is 0 Å². The molecule has 0 unspecified atom stereocenters. The molecule has 2 aromatic heterocycles. The molecule has 2 heterocycles. The van der Waals surface area contributed by atoms with Crippen LogP contribution in [-0.4, -0.2) is 14.9 Å². The molecule has 21 heavy (non-hydrogen) atoms. The van der Waals surface area contributed by atoms with Crippen LogP contribution < -0.4 is 0 Å². The average molecular weight is 279 g/mol. The Bertz CT molecular complexity index is 796. The molecular formula is C17H17N3O. The maximum Gasteiger partial charge on any atom is 0.170 e. The van der Waals surface area contributed by atoms with Crippen LogP contribution in [0, 0.1) is 6.92 Å². The first kappa shape index (κ1) is 12.4. The van der Waals surface area contributed by atoms with Crippen LogP contribution in [0.2, 0.25) is 0 Å². The Morgan fingerprint density at radius 3 is 2.81 bits per heavy atom. The van der Waals surface area contributed by atoms with Crippen LogP contribution in [0.1, 0.15) is 30.0 Å². The van der Waals surface area contributed by atoms with Crippen LogP contribution >= 0.6 is 0 Å².